The Labute approximate surface area is 270 Å². The van der Waals surface area contributed by atoms with E-state index in [4.69, 9.17) is 14.2 Å². The highest BCUT2D eigenvalue weighted by molar-refractivity contribution is 5.84. The number of benzene rings is 2. The topological polar surface area (TPSA) is 109 Å². The summed E-state index contributed by atoms with van der Waals surface area (Å²) in [6.45, 7) is 6.01. The normalized spacial score (nSPS) is 16.0. The van der Waals surface area contributed by atoms with Gasteiger partial charge < -0.3 is 29.7 Å². The number of rotatable bonds is 11. The molecule has 2 amide bonds. The number of nitrogens with one attached hydrogen (secondary N) is 2. The van der Waals surface area contributed by atoms with Crippen molar-refractivity contribution in [2.45, 2.75) is 45.2 Å². The SMILES string of the molecule is COc1cc2c(c(OC)c1OC)-c1ccc(NCCCC(=O)N3CCN(Cc4ccccc4)CC3)c(=O)cc1C(NC(C)=O)CC2. The van der Waals surface area contributed by atoms with Gasteiger partial charge in [0.1, 0.15) is 0 Å². The van der Waals surface area contributed by atoms with E-state index in [1.165, 1.54) is 12.5 Å². The van der Waals surface area contributed by atoms with Gasteiger partial charge in [-0.1, -0.05) is 36.4 Å². The van der Waals surface area contributed by atoms with Gasteiger partial charge in [-0.25, -0.2) is 0 Å². The Morgan fingerprint density at radius 2 is 1.65 bits per heavy atom. The molecule has 10 nitrogen and oxygen atoms in total. The molecule has 0 radical (unpaired) electrons. The van der Waals surface area contributed by atoms with Crippen molar-refractivity contribution in [2.75, 3.05) is 59.4 Å². The van der Waals surface area contributed by atoms with Gasteiger partial charge in [-0.3, -0.25) is 19.3 Å². The minimum Gasteiger partial charge on any atom is -0.493 e. The van der Waals surface area contributed by atoms with Gasteiger partial charge in [0.05, 0.1) is 33.1 Å². The van der Waals surface area contributed by atoms with Crippen LogP contribution in [0.4, 0.5) is 5.69 Å². The first-order valence-electron chi connectivity index (χ1n) is 15.9. The number of anilines is 1. The second kappa shape index (κ2) is 15.1. The highest BCUT2D eigenvalue weighted by Crippen LogP contribution is 2.50. The molecule has 46 heavy (non-hydrogen) atoms. The lowest BCUT2D eigenvalue weighted by atomic mass is 9.95. The van der Waals surface area contributed by atoms with E-state index >= 15 is 0 Å². The van der Waals surface area contributed by atoms with Crippen LogP contribution in [0.15, 0.2) is 59.4 Å². The molecule has 2 aliphatic rings. The van der Waals surface area contributed by atoms with Crippen molar-refractivity contribution in [1.82, 2.24) is 15.1 Å². The summed E-state index contributed by atoms with van der Waals surface area (Å²) < 4.78 is 17.1. The van der Waals surface area contributed by atoms with E-state index in [2.05, 4.69) is 39.8 Å². The molecule has 0 spiro atoms. The van der Waals surface area contributed by atoms with E-state index < -0.39 is 0 Å². The van der Waals surface area contributed by atoms with E-state index in [0.717, 1.165) is 49.4 Å². The minimum absolute atomic E-state index is 0.139. The summed E-state index contributed by atoms with van der Waals surface area (Å²) in [6.07, 6.45) is 2.23. The first kappa shape index (κ1) is 32.8. The van der Waals surface area contributed by atoms with E-state index in [-0.39, 0.29) is 23.3 Å². The van der Waals surface area contributed by atoms with Gasteiger partial charge in [-0.15, -0.1) is 0 Å². The number of carbonyl (C=O) groups excluding carboxylic acids is 2. The second-order valence-electron chi connectivity index (χ2n) is 11.8. The summed E-state index contributed by atoms with van der Waals surface area (Å²) in [6, 6.07) is 17.2. The number of amides is 2. The van der Waals surface area contributed by atoms with E-state index in [1.807, 2.05) is 23.1 Å². The van der Waals surface area contributed by atoms with Crippen molar-refractivity contribution in [3.8, 4) is 28.4 Å². The zero-order valence-electron chi connectivity index (χ0n) is 27.2. The lowest BCUT2D eigenvalue weighted by Gasteiger charge is -2.34. The van der Waals surface area contributed by atoms with Gasteiger partial charge in [0.2, 0.25) is 23.0 Å². The molecular weight excluding hydrogens is 584 g/mol. The van der Waals surface area contributed by atoms with Crippen LogP contribution in [0.25, 0.3) is 11.1 Å². The third kappa shape index (κ3) is 7.45. The maximum atomic E-state index is 13.5. The first-order chi connectivity index (χ1) is 22.3. The zero-order valence-corrected chi connectivity index (χ0v) is 27.2. The van der Waals surface area contributed by atoms with Crippen LogP contribution >= 0.6 is 0 Å². The van der Waals surface area contributed by atoms with Crippen molar-refractivity contribution in [2.24, 2.45) is 0 Å². The van der Waals surface area contributed by atoms with Crippen LogP contribution in [-0.4, -0.2) is 75.7 Å². The van der Waals surface area contributed by atoms with Crippen LogP contribution in [0.5, 0.6) is 17.2 Å². The van der Waals surface area contributed by atoms with E-state index in [9.17, 15) is 14.4 Å². The molecule has 0 bridgehead atoms. The number of hydrogen-bond donors (Lipinski definition) is 2. The number of fused-ring (bicyclic) bond motifs is 3. The molecule has 1 unspecified atom stereocenters. The molecule has 1 atom stereocenters. The lowest BCUT2D eigenvalue weighted by molar-refractivity contribution is -0.133. The zero-order chi connectivity index (χ0) is 32.6. The summed E-state index contributed by atoms with van der Waals surface area (Å²) >= 11 is 0. The number of methoxy groups -OCH3 is 3. The Hall–Kier alpha value is -4.57. The predicted octanol–water partition coefficient (Wildman–Crippen LogP) is 4.40. The number of ether oxygens (including phenoxy) is 3. The highest BCUT2D eigenvalue weighted by atomic mass is 16.5. The van der Waals surface area contributed by atoms with E-state index in [1.54, 1.807) is 33.5 Å². The second-order valence-corrected chi connectivity index (χ2v) is 11.8. The highest BCUT2D eigenvalue weighted by Gasteiger charge is 2.29. The van der Waals surface area contributed by atoms with Gasteiger partial charge in [-0.05, 0) is 59.7 Å². The molecule has 244 valence electrons. The van der Waals surface area contributed by atoms with Crippen molar-refractivity contribution in [1.29, 1.82) is 0 Å². The van der Waals surface area contributed by atoms with Gasteiger partial charge in [0.15, 0.2) is 11.5 Å². The first-order valence-corrected chi connectivity index (χ1v) is 15.9. The molecule has 10 heteroatoms. The average Bonchev–Trinajstić information content (AvgIpc) is 3.30. The van der Waals surface area contributed by atoms with Gasteiger partial charge in [0.25, 0.3) is 0 Å². The van der Waals surface area contributed by atoms with Gasteiger partial charge in [-0.2, -0.15) is 0 Å². The van der Waals surface area contributed by atoms with Crippen LogP contribution in [0.3, 0.4) is 0 Å². The minimum atomic E-state index is -0.375. The molecule has 0 aromatic heterocycles. The summed E-state index contributed by atoms with van der Waals surface area (Å²) in [5, 5.41) is 6.29. The Morgan fingerprint density at radius 1 is 0.913 bits per heavy atom. The summed E-state index contributed by atoms with van der Waals surface area (Å²) in [5.41, 5.74) is 4.77. The molecule has 5 rings (SSSR count). The fourth-order valence-corrected chi connectivity index (χ4v) is 6.47. The lowest BCUT2D eigenvalue weighted by Crippen LogP contribution is -2.48. The Balaban J connectivity index is 1.29. The molecule has 1 aliphatic carbocycles. The monoisotopic (exact) mass is 628 g/mol. The maximum absolute atomic E-state index is 13.5. The Bertz CT molecular complexity index is 1600. The van der Waals surface area contributed by atoms with Gasteiger partial charge >= 0.3 is 0 Å². The summed E-state index contributed by atoms with van der Waals surface area (Å²) in [4.78, 5) is 43.0. The summed E-state index contributed by atoms with van der Waals surface area (Å²) in [5.74, 6) is 1.48. The predicted molar refractivity (Wildman–Crippen MR) is 179 cm³/mol. The molecule has 2 N–H and O–H groups in total. The molecule has 1 aliphatic heterocycles. The largest absolute Gasteiger partial charge is 0.493 e. The quantitative estimate of drug-likeness (QED) is 0.301. The fraction of sp³-hybridized carbons (Fsp3) is 0.417. The number of carbonyl (C=O) groups is 2. The molecular formula is C36H44N4O6. The fourth-order valence-electron chi connectivity index (χ4n) is 6.47. The Morgan fingerprint density at radius 3 is 2.33 bits per heavy atom. The third-order valence-corrected chi connectivity index (χ3v) is 8.77. The molecule has 3 aromatic rings. The van der Waals surface area contributed by atoms with Crippen molar-refractivity contribution >= 4 is 17.5 Å². The smallest absolute Gasteiger partial charge is 0.222 e. The standard InChI is InChI=1S/C36H44N4O6/c1-24(41)38-29-14-12-26-21-32(44-2)35(45-3)36(46-4)34(26)27-13-15-30(31(42)22-28(27)29)37-16-8-11-33(43)40-19-17-39(18-20-40)23-25-9-6-5-7-10-25/h5-7,9-10,13,15,21-22,29H,8,11-12,14,16-20,23H2,1-4H3,(H,37,42)(H,38,41). The molecule has 0 saturated carbocycles. The average molecular weight is 629 g/mol. The molecule has 1 heterocycles. The molecule has 1 saturated heterocycles. The van der Waals surface area contributed by atoms with Crippen molar-refractivity contribution in [3.05, 3.63) is 81.5 Å². The number of piperazine rings is 1. The van der Waals surface area contributed by atoms with Crippen LogP contribution in [-0.2, 0) is 22.6 Å². The van der Waals surface area contributed by atoms with Gasteiger partial charge in [0, 0.05) is 58.2 Å². The van der Waals surface area contributed by atoms with Crippen molar-refractivity contribution in [3.63, 3.8) is 0 Å². The van der Waals surface area contributed by atoms with Crippen LogP contribution < -0.4 is 30.3 Å². The van der Waals surface area contributed by atoms with Crippen LogP contribution in [0, 0.1) is 0 Å². The molecule has 1 fully saturated rings. The number of nitrogens with zero attached hydrogens (tertiary/aromatic N) is 2. The van der Waals surface area contributed by atoms with E-state index in [0.29, 0.717) is 60.7 Å². The molecule has 3 aromatic carbocycles. The maximum Gasteiger partial charge on any atom is 0.222 e. The number of hydrogen-bond acceptors (Lipinski definition) is 8. The van der Waals surface area contributed by atoms with Crippen LogP contribution in [0.1, 0.15) is 48.9 Å². The number of aryl methyl sites for hydroxylation is 1. The Kier molecular flexibility index (Phi) is 10.8. The van der Waals surface area contributed by atoms with Crippen molar-refractivity contribution < 1.29 is 23.8 Å². The van der Waals surface area contributed by atoms with Crippen LogP contribution in [0.2, 0.25) is 0 Å². The third-order valence-electron chi connectivity index (χ3n) is 8.77. The summed E-state index contributed by atoms with van der Waals surface area (Å²) in [7, 11) is 4.72.